The largest absolute Gasteiger partial charge is 0.454 e. The molecule has 1 fully saturated rings. The fourth-order valence-corrected chi connectivity index (χ4v) is 3.86. The molecular weight excluding hydrogens is 361 g/mol. The van der Waals surface area contributed by atoms with Gasteiger partial charge in [0.05, 0.1) is 0 Å². The van der Waals surface area contributed by atoms with E-state index in [1.165, 1.54) is 12.1 Å². The summed E-state index contributed by atoms with van der Waals surface area (Å²) in [6.45, 7) is 2.10. The maximum Gasteiger partial charge on any atom is 0.231 e. The zero-order chi connectivity index (χ0) is 19.4. The third-order valence-electron chi connectivity index (χ3n) is 5.59. The van der Waals surface area contributed by atoms with Crippen molar-refractivity contribution in [3.8, 4) is 11.5 Å². The number of carbonyl (C=O) groups excluding carboxylic acids is 1. The van der Waals surface area contributed by atoms with Gasteiger partial charge in [0.15, 0.2) is 11.5 Å². The molecule has 0 aliphatic carbocycles. The van der Waals surface area contributed by atoms with Gasteiger partial charge in [-0.05, 0) is 54.7 Å². The number of aryl methyl sites for hydroxylation is 1. The lowest BCUT2D eigenvalue weighted by atomic mass is 9.74. The second-order valence-corrected chi connectivity index (χ2v) is 7.37. The minimum atomic E-state index is -0.276. The van der Waals surface area contributed by atoms with Crippen LogP contribution in [0.2, 0.25) is 0 Å². The minimum absolute atomic E-state index is 0.0316. The fraction of sp³-hybridized carbons (Fsp3) is 0.409. The first-order valence-corrected chi connectivity index (χ1v) is 9.64. The van der Waals surface area contributed by atoms with Crippen LogP contribution in [-0.2, 0) is 21.4 Å². The SMILES string of the molecule is O=C(CCc1cccc(F)c1)NCC1(c2ccc3c(c2)OCO3)CCOCC1. The first-order chi connectivity index (χ1) is 13.6. The monoisotopic (exact) mass is 385 g/mol. The molecule has 148 valence electrons. The number of rotatable bonds is 6. The lowest BCUT2D eigenvalue weighted by Crippen LogP contribution is -2.44. The molecule has 0 bridgehead atoms. The third-order valence-corrected chi connectivity index (χ3v) is 5.59. The summed E-state index contributed by atoms with van der Waals surface area (Å²) in [5.74, 6) is 1.20. The van der Waals surface area contributed by atoms with Crippen LogP contribution in [0, 0.1) is 5.82 Å². The molecule has 1 N–H and O–H groups in total. The minimum Gasteiger partial charge on any atom is -0.454 e. The Morgan fingerprint density at radius 3 is 2.71 bits per heavy atom. The topological polar surface area (TPSA) is 56.8 Å². The van der Waals surface area contributed by atoms with Crippen molar-refractivity contribution in [3.63, 3.8) is 0 Å². The average Bonchev–Trinajstić information content (AvgIpc) is 3.19. The second kappa shape index (κ2) is 8.19. The van der Waals surface area contributed by atoms with Crippen LogP contribution in [-0.4, -0.2) is 32.5 Å². The van der Waals surface area contributed by atoms with Crippen LogP contribution in [0.15, 0.2) is 42.5 Å². The molecule has 2 heterocycles. The molecule has 0 spiro atoms. The van der Waals surface area contributed by atoms with Gasteiger partial charge in [0.1, 0.15) is 5.82 Å². The Morgan fingerprint density at radius 2 is 1.89 bits per heavy atom. The number of nitrogens with one attached hydrogen (secondary N) is 1. The van der Waals surface area contributed by atoms with Crippen LogP contribution in [0.25, 0.3) is 0 Å². The lowest BCUT2D eigenvalue weighted by molar-refractivity contribution is -0.121. The van der Waals surface area contributed by atoms with Crippen molar-refractivity contribution >= 4 is 5.91 Å². The van der Waals surface area contributed by atoms with E-state index in [9.17, 15) is 9.18 Å². The van der Waals surface area contributed by atoms with Gasteiger partial charge in [0.2, 0.25) is 12.7 Å². The number of benzene rings is 2. The summed E-state index contributed by atoms with van der Waals surface area (Å²) in [4.78, 5) is 12.4. The van der Waals surface area contributed by atoms with Crippen molar-refractivity contribution in [3.05, 3.63) is 59.4 Å². The van der Waals surface area contributed by atoms with Gasteiger partial charge >= 0.3 is 0 Å². The molecule has 1 saturated heterocycles. The van der Waals surface area contributed by atoms with Crippen molar-refractivity contribution in [1.29, 1.82) is 0 Å². The normalized spacial score (nSPS) is 17.3. The molecule has 2 aliphatic heterocycles. The van der Waals surface area contributed by atoms with E-state index in [4.69, 9.17) is 14.2 Å². The van der Waals surface area contributed by atoms with Crippen LogP contribution in [0.5, 0.6) is 11.5 Å². The molecule has 2 aromatic rings. The van der Waals surface area contributed by atoms with E-state index in [1.54, 1.807) is 6.07 Å². The summed E-state index contributed by atoms with van der Waals surface area (Å²) in [5.41, 5.74) is 1.77. The van der Waals surface area contributed by atoms with Gasteiger partial charge in [0, 0.05) is 31.6 Å². The number of amides is 1. The van der Waals surface area contributed by atoms with Crippen molar-refractivity contribution in [2.75, 3.05) is 26.6 Å². The van der Waals surface area contributed by atoms with Crippen LogP contribution in [0.1, 0.15) is 30.4 Å². The highest BCUT2D eigenvalue weighted by Gasteiger charge is 2.36. The first kappa shape index (κ1) is 18.7. The van der Waals surface area contributed by atoms with Crippen LogP contribution < -0.4 is 14.8 Å². The molecule has 2 aliphatic rings. The summed E-state index contributed by atoms with van der Waals surface area (Å²) < 4.78 is 29.8. The van der Waals surface area contributed by atoms with E-state index in [2.05, 4.69) is 11.4 Å². The van der Waals surface area contributed by atoms with E-state index in [0.29, 0.717) is 32.6 Å². The summed E-state index contributed by atoms with van der Waals surface area (Å²) in [6.07, 6.45) is 2.51. The number of hydrogen-bond donors (Lipinski definition) is 1. The molecule has 1 amide bonds. The number of hydrogen-bond acceptors (Lipinski definition) is 4. The molecule has 6 heteroatoms. The number of carbonyl (C=O) groups is 1. The highest BCUT2D eigenvalue weighted by Crippen LogP contribution is 2.40. The number of ether oxygens (including phenoxy) is 3. The van der Waals surface area contributed by atoms with E-state index in [1.807, 2.05) is 18.2 Å². The van der Waals surface area contributed by atoms with E-state index in [-0.39, 0.29) is 23.9 Å². The Morgan fingerprint density at radius 1 is 1.07 bits per heavy atom. The zero-order valence-corrected chi connectivity index (χ0v) is 15.7. The smallest absolute Gasteiger partial charge is 0.231 e. The molecule has 0 saturated carbocycles. The first-order valence-electron chi connectivity index (χ1n) is 9.64. The summed E-state index contributed by atoms with van der Waals surface area (Å²) in [7, 11) is 0. The van der Waals surface area contributed by atoms with Crippen molar-refractivity contribution in [2.45, 2.75) is 31.1 Å². The van der Waals surface area contributed by atoms with Gasteiger partial charge in [-0.2, -0.15) is 0 Å². The van der Waals surface area contributed by atoms with Crippen LogP contribution >= 0.6 is 0 Å². The van der Waals surface area contributed by atoms with Crippen LogP contribution in [0.4, 0.5) is 4.39 Å². The Labute approximate surface area is 163 Å². The van der Waals surface area contributed by atoms with Gasteiger partial charge in [0.25, 0.3) is 0 Å². The van der Waals surface area contributed by atoms with Crippen molar-refractivity contribution in [2.24, 2.45) is 0 Å². The molecule has 0 atom stereocenters. The summed E-state index contributed by atoms with van der Waals surface area (Å²) in [6, 6.07) is 12.4. The number of fused-ring (bicyclic) bond motifs is 1. The molecular formula is C22H24FNO4. The highest BCUT2D eigenvalue weighted by atomic mass is 19.1. The van der Waals surface area contributed by atoms with Gasteiger partial charge in [-0.15, -0.1) is 0 Å². The van der Waals surface area contributed by atoms with Gasteiger partial charge < -0.3 is 19.5 Å². The van der Waals surface area contributed by atoms with Crippen LogP contribution in [0.3, 0.4) is 0 Å². The van der Waals surface area contributed by atoms with Gasteiger partial charge in [-0.3, -0.25) is 4.79 Å². The Kier molecular flexibility index (Phi) is 5.48. The zero-order valence-electron chi connectivity index (χ0n) is 15.7. The summed E-state index contributed by atoms with van der Waals surface area (Å²) >= 11 is 0. The second-order valence-electron chi connectivity index (χ2n) is 7.37. The van der Waals surface area contributed by atoms with Gasteiger partial charge in [-0.25, -0.2) is 4.39 Å². The van der Waals surface area contributed by atoms with E-state index in [0.717, 1.165) is 35.5 Å². The third kappa shape index (κ3) is 4.12. The maximum atomic E-state index is 13.3. The summed E-state index contributed by atoms with van der Waals surface area (Å²) in [5, 5.41) is 3.08. The Balaban J connectivity index is 1.41. The maximum absolute atomic E-state index is 13.3. The molecule has 4 rings (SSSR count). The van der Waals surface area contributed by atoms with Gasteiger partial charge in [-0.1, -0.05) is 18.2 Å². The van der Waals surface area contributed by atoms with Crippen molar-refractivity contribution < 1.29 is 23.4 Å². The fourth-order valence-electron chi connectivity index (χ4n) is 3.86. The van der Waals surface area contributed by atoms with E-state index < -0.39 is 0 Å². The molecule has 2 aromatic carbocycles. The molecule has 5 nitrogen and oxygen atoms in total. The quantitative estimate of drug-likeness (QED) is 0.829. The Hall–Kier alpha value is -2.60. The average molecular weight is 385 g/mol. The molecule has 0 radical (unpaired) electrons. The molecule has 0 aromatic heterocycles. The number of halogens is 1. The van der Waals surface area contributed by atoms with E-state index >= 15 is 0 Å². The van der Waals surface area contributed by atoms with Crippen molar-refractivity contribution in [1.82, 2.24) is 5.32 Å². The Bertz CT molecular complexity index is 848. The lowest BCUT2D eigenvalue weighted by Gasteiger charge is -2.38. The predicted molar refractivity (Wildman–Crippen MR) is 102 cm³/mol. The predicted octanol–water partition coefficient (Wildman–Crippen LogP) is 3.35. The molecule has 0 unspecified atom stereocenters. The standard InChI is InChI=1S/C22H24FNO4/c23-18-3-1-2-16(12-18)4-7-21(25)24-14-22(8-10-26-11-9-22)17-5-6-19-20(13-17)28-15-27-19/h1-3,5-6,12-13H,4,7-11,14-15H2,(H,24,25). The highest BCUT2D eigenvalue weighted by molar-refractivity contribution is 5.76. The molecule has 28 heavy (non-hydrogen) atoms.